The van der Waals surface area contributed by atoms with Gasteiger partial charge in [0.2, 0.25) is 0 Å². The van der Waals surface area contributed by atoms with Crippen LogP contribution >= 0.6 is 0 Å². The van der Waals surface area contributed by atoms with Crippen LogP contribution in [0.15, 0.2) is 48.5 Å². The number of aromatic hydroxyl groups is 1. The van der Waals surface area contributed by atoms with Gasteiger partial charge in [0.05, 0.1) is 13.2 Å². The van der Waals surface area contributed by atoms with Gasteiger partial charge >= 0.3 is 0 Å². The van der Waals surface area contributed by atoms with Crippen LogP contribution < -0.4 is 10.1 Å². The zero-order valence-electron chi connectivity index (χ0n) is 12.8. The molecule has 0 saturated carbocycles. The lowest BCUT2D eigenvalue weighted by molar-refractivity contribution is -0.701. The molecule has 0 aliphatic rings. The molecule has 0 radical (unpaired) electrons. The number of rotatable bonds is 7. The molecule has 0 saturated heterocycles. The van der Waals surface area contributed by atoms with E-state index in [4.69, 9.17) is 4.74 Å². The van der Waals surface area contributed by atoms with Gasteiger partial charge in [-0.25, -0.2) is 0 Å². The molecule has 0 aliphatic carbocycles. The number of phenols is 1. The minimum atomic E-state index is 0.199. The number of aryl methyl sites for hydroxylation is 1. The van der Waals surface area contributed by atoms with Crippen LogP contribution in [0.5, 0.6) is 11.5 Å². The molecule has 3 heteroatoms. The van der Waals surface area contributed by atoms with Gasteiger partial charge in [0.1, 0.15) is 6.54 Å². The first-order chi connectivity index (χ1) is 10.2. The standard InChI is InChI=1S/C18H23NO2/c1-14(19-13-16-6-4-3-5-7-16)8-9-15-10-11-17(20)18(12-15)21-2/h3-7,10-12,14,19-20H,8-9,13H2,1-2H3/p+1/t14-/m0/s1. The van der Waals surface area contributed by atoms with Crippen molar-refractivity contribution in [3.63, 3.8) is 0 Å². The van der Waals surface area contributed by atoms with E-state index in [1.54, 1.807) is 13.2 Å². The van der Waals surface area contributed by atoms with Gasteiger partial charge in [-0.1, -0.05) is 36.4 Å². The number of hydrogen-bond acceptors (Lipinski definition) is 2. The molecule has 0 heterocycles. The number of benzene rings is 2. The van der Waals surface area contributed by atoms with Crippen molar-refractivity contribution in [3.8, 4) is 11.5 Å². The summed E-state index contributed by atoms with van der Waals surface area (Å²) < 4.78 is 5.14. The van der Waals surface area contributed by atoms with E-state index in [0.717, 1.165) is 19.4 Å². The van der Waals surface area contributed by atoms with Crippen LogP contribution in [0.25, 0.3) is 0 Å². The van der Waals surface area contributed by atoms with Gasteiger partial charge in [-0.15, -0.1) is 0 Å². The van der Waals surface area contributed by atoms with Gasteiger partial charge in [0.25, 0.3) is 0 Å². The number of quaternary nitrogens is 1. The summed E-state index contributed by atoms with van der Waals surface area (Å²) in [6, 6.07) is 16.7. The third kappa shape index (κ3) is 4.80. The molecule has 0 unspecified atom stereocenters. The first-order valence-electron chi connectivity index (χ1n) is 7.42. The molecule has 0 aliphatic heterocycles. The van der Waals surface area contributed by atoms with E-state index in [9.17, 15) is 5.11 Å². The Morgan fingerprint density at radius 2 is 1.86 bits per heavy atom. The molecular formula is C18H24NO2+. The SMILES string of the molecule is COc1cc(CC[C@H](C)[NH2+]Cc2ccccc2)ccc1O. The zero-order chi connectivity index (χ0) is 15.1. The highest BCUT2D eigenvalue weighted by molar-refractivity contribution is 5.41. The molecule has 0 fully saturated rings. The highest BCUT2D eigenvalue weighted by Gasteiger charge is 2.08. The van der Waals surface area contributed by atoms with Crippen molar-refractivity contribution >= 4 is 0 Å². The van der Waals surface area contributed by atoms with Gasteiger partial charge in [-0.2, -0.15) is 0 Å². The first-order valence-corrected chi connectivity index (χ1v) is 7.42. The average Bonchev–Trinajstić information content (AvgIpc) is 2.53. The highest BCUT2D eigenvalue weighted by Crippen LogP contribution is 2.26. The number of phenolic OH excluding ortho intramolecular Hbond substituents is 1. The van der Waals surface area contributed by atoms with E-state index in [1.807, 2.05) is 18.2 Å². The van der Waals surface area contributed by atoms with Crippen LogP contribution in [-0.2, 0) is 13.0 Å². The van der Waals surface area contributed by atoms with Crippen LogP contribution in [-0.4, -0.2) is 18.3 Å². The predicted octanol–water partition coefficient (Wildman–Crippen LogP) is 2.49. The van der Waals surface area contributed by atoms with Crippen LogP contribution in [0.3, 0.4) is 0 Å². The smallest absolute Gasteiger partial charge is 0.160 e. The van der Waals surface area contributed by atoms with Gasteiger partial charge in [0.15, 0.2) is 11.5 Å². The van der Waals surface area contributed by atoms with Crippen molar-refractivity contribution in [1.29, 1.82) is 0 Å². The number of nitrogens with two attached hydrogens (primary N) is 1. The lowest BCUT2D eigenvalue weighted by Crippen LogP contribution is -2.87. The Labute approximate surface area is 126 Å². The first kappa shape index (κ1) is 15.4. The Kier molecular flexibility index (Phi) is 5.64. The lowest BCUT2D eigenvalue weighted by Gasteiger charge is -2.11. The van der Waals surface area contributed by atoms with Crippen LogP contribution in [0.2, 0.25) is 0 Å². The molecule has 2 rings (SSSR count). The Bertz CT molecular complexity index is 554. The summed E-state index contributed by atoms with van der Waals surface area (Å²) >= 11 is 0. The van der Waals surface area contributed by atoms with Crippen molar-refractivity contribution in [2.75, 3.05) is 7.11 Å². The fourth-order valence-electron chi connectivity index (χ4n) is 2.34. The molecule has 1 atom stereocenters. The van der Waals surface area contributed by atoms with Crippen molar-refractivity contribution in [3.05, 3.63) is 59.7 Å². The summed E-state index contributed by atoms with van der Waals surface area (Å²) in [5.74, 6) is 0.748. The van der Waals surface area contributed by atoms with E-state index in [-0.39, 0.29) is 5.75 Å². The topological polar surface area (TPSA) is 46.1 Å². The van der Waals surface area contributed by atoms with Crippen molar-refractivity contribution in [1.82, 2.24) is 0 Å². The van der Waals surface area contributed by atoms with Gasteiger partial charge in [-0.3, -0.25) is 0 Å². The normalized spacial score (nSPS) is 12.1. The second-order valence-corrected chi connectivity index (χ2v) is 5.45. The number of hydrogen-bond donors (Lipinski definition) is 2. The monoisotopic (exact) mass is 286 g/mol. The molecule has 0 bridgehead atoms. The molecule has 112 valence electrons. The fourth-order valence-corrected chi connectivity index (χ4v) is 2.34. The van der Waals surface area contributed by atoms with Crippen LogP contribution in [0.1, 0.15) is 24.5 Å². The van der Waals surface area contributed by atoms with Crippen LogP contribution in [0, 0.1) is 0 Å². The van der Waals surface area contributed by atoms with Gasteiger partial charge in [0, 0.05) is 12.0 Å². The Morgan fingerprint density at radius 3 is 2.57 bits per heavy atom. The summed E-state index contributed by atoms with van der Waals surface area (Å²) in [7, 11) is 1.58. The summed E-state index contributed by atoms with van der Waals surface area (Å²) in [4.78, 5) is 0. The number of methoxy groups -OCH3 is 1. The van der Waals surface area contributed by atoms with Gasteiger partial charge in [-0.05, 0) is 31.0 Å². The molecular weight excluding hydrogens is 262 g/mol. The number of ether oxygens (including phenoxy) is 1. The molecule has 3 nitrogen and oxygen atoms in total. The summed E-state index contributed by atoms with van der Waals surface area (Å²) in [6.07, 6.45) is 2.09. The van der Waals surface area contributed by atoms with E-state index in [2.05, 4.69) is 36.5 Å². The molecule has 2 aromatic carbocycles. The molecule has 0 aromatic heterocycles. The van der Waals surface area contributed by atoms with E-state index < -0.39 is 0 Å². The summed E-state index contributed by atoms with van der Waals surface area (Å²) in [5, 5.41) is 12.0. The largest absolute Gasteiger partial charge is 0.504 e. The average molecular weight is 286 g/mol. The van der Waals surface area contributed by atoms with Gasteiger partial charge < -0.3 is 15.2 Å². The molecule has 3 N–H and O–H groups in total. The van der Waals surface area contributed by atoms with E-state index in [0.29, 0.717) is 11.8 Å². The molecule has 0 amide bonds. The predicted molar refractivity (Wildman–Crippen MR) is 84.5 cm³/mol. The summed E-state index contributed by atoms with van der Waals surface area (Å²) in [5.41, 5.74) is 2.56. The third-order valence-electron chi connectivity index (χ3n) is 3.73. The molecule has 0 spiro atoms. The Hall–Kier alpha value is -2.00. The van der Waals surface area contributed by atoms with Crippen molar-refractivity contribution in [2.24, 2.45) is 0 Å². The maximum Gasteiger partial charge on any atom is 0.160 e. The van der Waals surface area contributed by atoms with Crippen molar-refractivity contribution < 1.29 is 15.2 Å². The maximum atomic E-state index is 9.59. The second kappa shape index (κ2) is 7.70. The zero-order valence-corrected chi connectivity index (χ0v) is 12.8. The highest BCUT2D eigenvalue weighted by atomic mass is 16.5. The third-order valence-corrected chi connectivity index (χ3v) is 3.73. The summed E-state index contributed by atoms with van der Waals surface area (Å²) in [6.45, 7) is 3.27. The minimum Gasteiger partial charge on any atom is -0.504 e. The second-order valence-electron chi connectivity index (χ2n) is 5.45. The Morgan fingerprint density at radius 1 is 1.10 bits per heavy atom. The van der Waals surface area contributed by atoms with Crippen molar-refractivity contribution in [2.45, 2.75) is 32.4 Å². The molecule has 21 heavy (non-hydrogen) atoms. The van der Waals surface area contributed by atoms with E-state index >= 15 is 0 Å². The minimum absolute atomic E-state index is 0.199. The van der Waals surface area contributed by atoms with E-state index in [1.165, 1.54) is 11.1 Å². The molecule has 2 aromatic rings. The lowest BCUT2D eigenvalue weighted by atomic mass is 10.1. The maximum absolute atomic E-state index is 9.59. The van der Waals surface area contributed by atoms with Crippen LogP contribution in [0.4, 0.5) is 0 Å². The Balaban J connectivity index is 1.79. The quantitative estimate of drug-likeness (QED) is 0.821. The fraction of sp³-hybridized carbons (Fsp3) is 0.333.